The van der Waals surface area contributed by atoms with Crippen LogP contribution < -0.4 is 21.7 Å². The Kier molecular flexibility index (Phi) is 12.0. The van der Waals surface area contributed by atoms with Gasteiger partial charge in [0.05, 0.1) is 12.6 Å². The minimum absolute atomic E-state index is 0.101. The normalized spacial score (nSPS) is 14.1. The number of nitrogens with one attached hydrogen (secondary N) is 3. The van der Waals surface area contributed by atoms with E-state index in [0.29, 0.717) is 12.2 Å². The quantitative estimate of drug-likeness (QED) is 0.173. The van der Waals surface area contributed by atoms with Crippen LogP contribution in [0.4, 0.5) is 0 Å². The zero-order valence-electron chi connectivity index (χ0n) is 13.7. The molecule has 3 atom stereocenters. The first-order valence-corrected chi connectivity index (χ1v) is 9.35. The van der Waals surface area contributed by atoms with Crippen LogP contribution in [0.15, 0.2) is 0 Å². The number of thiol groups is 1. The van der Waals surface area contributed by atoms with Gasteiger partial charge in [-0.25, -0.2) is 0 Å². The summed E-state index contributed by atoms with van der Waals surface area (Å²) >= 11 is 5.43. The molecular formula is C13H24N4O6S2. The lowest BCUT2D eigenvalue weighted by molar-refractivity contribution is -0.138. The molecule has 12 heteroatoms. The molecule has 0 aliphatic rings. The number of carboxylic acid groups (broad SMARTS) is 1. The summed E-state index contributed by atoms with van der Waals surface area (Å²) in [6.07, 6.45) is 2.27. The number of thioether (sulfide) groups is 1. The van der Waals surface area contributed by atoms with E-state index in [0.717, 1.165) is 0 Å². The first kappa shape index (κ1) is 23.5. The van der Waals surface area contributed by atoms with Crippen LogP contribution >= 0.6 is 24.4 Å². The second kappa shape index (κ2) is 12.8. The summed E-state index contributed by atoms with van der Waals surface area (Å²) in [4.78, 5) is 46.2. The topological polar surface area (TPSA) is 171 Å². The van der Waals surface area contributed by atoms with Crippen LogP contribution in [0.5, 0.6) is 0 Å². The van der Waals surface area contributed by atoms with Gasteiger partial charge in [-0.05, 0) is 18.4 Å². The highest BCUT2D eigenvalue weighted by Gasteiger charge is 2.27. The third-order valence-corrected chi connectivity index (χ3v) is 4.02. The Bertz CT molecular complexity index is 479. The molecule has 0 saturated carbocycles. The average molecular weight is 396 g/mol. The highest BCUT2D eigenvalue weighted by atomic mass is 32.2. The van der Waals surface area contributed by atoms with Crippen molar-refractivity contribution in [3.8, 4) is 0 Å². The molecule has 0 aromatic heterocycles. The van der Waals surface area contributed by atoms with Crippen molar-refractivity contribution in [2.24, 2.45) is 5.73 Å². The Hall–Kier alpha value is -1.50. The molecule has 10 nitrogen and oxygen atoms in total. The van der Waals surface area contributed by atoms with Crippen molar-refractivity contribution in [1.29, 1.82) is 0 Å². The van der Waals surface area contributed by atoms with Crippen molar-refractivity contribution in [3.05, 3.63) is 0 Å². The van der Waals surface area contributed by atoms with Crippen LogP contribution in [0, 0.1) is 0 Å². The van der Waals surface area contributed by atoms with Gasteiger partial charge < -0.3 is 31.9 Å². The number of aliphatic hydroxyl groups is 1. The number of hydrogen-bond acceptors (Lipinski definition) is 8. The Balaban J connectivity index is 4.66. The second-order valence-corrected chi connectivity index (χ2v) is 6.34. The van der Waals surface area contributed by atoms with E-state index in [1.165, 1.54) is 11.8 Å². The molecule has 3 unspecified atom stereocenters. The fourth-order valence-corrected chi connectivity index (χ4v) is 2.35. The summed E-state index contributed by atoms with van der Waals surface area (Å²) < 4.78 is 0. The molecule has 3 amide bonds. The molecule has 0 spiro atoms. The van der Waals surface area contributed by atoms with E-state index in [4.69, 9.17) is 10.8 Å². The standard InChI is InChI=1S/C13H24N4O6S2/c1-25-3-2-7(14)11(21)16-8(5-18)13(23)17-9(6-24)12(22)15-4-10(19)20/h7-9,18,24H,2-6,14H2,1H3,(H,15,22)(H,16,21)(H,17,23)(H,19,20). The first-order valence-electron chi connectivity index (χ1n) is 7.33. The zero-order chi connectivity index (χ0) is 19.4. The summed E-state index contributed by atoms with van der Waals surface area (Å²) in [5.74, 6) is -2.83. The average Bonchev–Trinajstić information content (AvgIpc) is 2.59. The fourth-order valence-electron chi connectivity index (χ4n) is 1.60. The number of hydrogen-bond donors (Lipinski definition) is 7. The van der Waals surface area contributed by atoms with E-state index in [9.17, 15) is 24.3 Å². The van der Waals surface area contributed by atoms with E-state index in [1.807, 2.05) is 6.26 Å². The van der Waals surface area contributed by atoms with Crippen LogP contribution in [-0.4, -0.2) is 82.9 Å². The van der Waals surface area contributed by atoms with Crippen molar-refractivity contribution in [2.75, 3.05) is 30.9 Å². The minimum Gasteiger partial charge on any atom is -0.480 e. The molecule has 0 aromatic rings. The SMILES string of the molecule is CSCCC(N)C(=O)NC(CO)C(=O)NC(CS)C(=O)NCC(=O)O. The van der Waals surface area contributed by atoms with Gasteiger partial charge in [-0.1, -0.05) is 0 Å². The zero-order valence-corrected chi connectivity index (χ0v) is 15.4. The minimum atomic E-state index is -1.29. The predicted octanol–water partition coefficient (Wildman–Crippen LogP) is -2.84. The molecule has 0 aliphatic carbocycles. The van der Waals surface area contributed by atoms with Crippen LogP contribution in [-0.2, 0) is 19.2 Å². The molecule has 25 heavy (non-hydrogen) atoms. The smallest absolute Gasteiger partial charge is 0.322 e. The maximum atomic E-state index is 12.1. The maximum absolute atomic E-state index is 12.1. The van der Waals surface area contributed by atoms with E-state index in [-0.39, 0.29) is 5.75 Å². The maximum Gasteiger partial charge on any atom is 0.322 e. The van der Waals surface area contributed by atoms with Crippen LogP contribution in [0.1, 0.15) is 6.42 Å². The summed E-state index contributed by atoms with van der Waals surface area (Å²) in [7, 11) is 0. The molecule has 0 rings (SSSR count). The highest BCUT2D eigenvalue weighted by Crippen LogP contribution is 1.99. The number of aliphatic carboxylic acids is 1. The Morgan fingerprint density at radius 2 is 1.72 bits per heavy atom. The van der Waals surface area contributed by atoms with Gasteiger partial charge in [0, 0.05) is 5.75 Å². The lowest BCUT2D eigenvalue weighted by Gasteiger charge is -2.22. The Morgan fingerprint density at radius 3 is 2.20 bits per heavy atom. The second-order valence-electron chi connectivity index (χ2n) is 4.99. The van der Waals surface area contributed by atoms with E-state index < -0.39 is 55.0 Å². The molecule has 0 saturated heterocycles. The van der Waals surface area contributed by atoms with Crippen LogP contribution in [0.3, 0.4) is 0 Å². The molecule has 0 radical (unpaired) electrons. The Morgan fingerprint density at radius 1 is 1.12 bits per heavy atom. The van der Waals surface area contributed by atoms with Gasteiger partial charge in [-0.2, -0.15) is 24.4 Å². The van der Waals surface area contributed by atoms with Crippen molar-refractivity contribution in [3.63, 3.8) is 0 Å². The number of carboxylic acids is 1. The van der Waals surface area contributed by atoms with Gasteiger partial charge >= 0.3 is 5.97 Å². The summed E-state index contributed by atoms with van der Waals surface area (Å²) in [5, 5.41) is 24.5. The fraction of sp³-hybridized carbons (Fsp3) is 0.692. The highest BCUT2D eigenvalue weighted by molar-refractivity contribution is 7.98. The number of rotatable bonds is 12. The summed E-state index contributed by atoms with van der Waals surface area (Å²) in [5.41, 5.74) is 5.68. The molecule has 7 N–H and O–H groups in total. The number of carbonyl (C=O) groups excluding carboxylic acids is 3. The molecule has 0 aliphatic heterocycles. The van der Waals surface area contributed by atoms with Crippen molar-refractivity contribution >= 4 is 48.1 Å². The monoisotopic (exact) mass is 396 g/mol. The van der Waals surface area contributed by atoms with Crippen molar-refractivity contribution < 1.29 is 29.4 Å². The van der Waals surface area contributed by atoms with Crippen molar-refractivity contribution in [1.82, 2.24) is 16.0 Å². The van der Waals surface area contributed by atoms with Gasteiger partial charge in [-0.15, -0.1) is 0 Å². The lowest BCUT2D eigenvalue weighted by Crippen LogP contribution is -2.57. The summed E-state index contributed by atoms with van der Waals surface area (Å²) in [6.45, 7) is -1.30. The number of carbonyl (C=O) groups is 4. The van der Waals surface area contributed by atoms with Gasteiger partial charge in [0.1, 0.15) is 18.6 Å². The van der Waals surface area contributed by atoms with E-state index in [1.54, 1.807) is 0 Å². The lowest BCUT2D eigenvalue weighted by atomic mass is 10.2. The van der Waals surface area contributed by atoms with Gasteiger partial charge in [0.25, 0.3) is 0 Å². The largest absolute Gasteiger partial charge is 0.480 e. The van der Waals surface area contributed by atoms with Gasteiger partial charge in [-0.3, -0.25) is 19.2 Å². The number of nitrogens with two attached hydrogens (primary N) is 1. The first-order chi connectivity index (χ1) is 11.8. The van der Waals surface area contributed by atoms with E-state index >= 15 is 0 Å². The van der Waals surface area contributed by atoms with E-state index in [2.05, 4.69) is 28.6 Å². The molecule has 0 heterocycles. The van der Waals surface area contributed by atoms with Crippen LogP contribution in [0.2, 0.25) is 0 Å². The van der Waals surface area contributed by atoms with Gasteiger partial charge in [0.2, 0.25) is 17.7 Å². The van der Waals surface area contributed by atoms with Crippen LogP contribution in [0.25, 0.3) is 0 Å². The number of aliphatic hydroxyl groups excluding tert-OH is 1. The van der Waals surface area contributed by atoms with Gasteiger partial charge in [0.15, 0.2) is 0 Å². The Labute approximate surface area is 155 Å². The third-order valence-electron chi connectivity index (χ3n) is 3.01. The number of amides is 3. The molecule has 144 valence electrons. The third kappa shape index (κ3) is 9.53. The molecule has 0 fully saturated rings. The summed E-state index contributed by atoms with van der Waals surface area (Å²) in [6, 6.07) is -3.23. The molecule has 0 aromatic carbocycles. The van der Waals surface area contributed by atoms with Crippen molar-refractivity contribution in [2.45, 2.75) is 24.5 Å². The molecule has 0 bridgehead atoms. The molecular weight excluding hydrogens is 372 g/mol. The predicted molar refractivity (Wildman–Crippen MR) is 96.4 cm³/mol.